The summed E-state index contributed by atoms with van der Waals surface area (Å²) in [4.78, 5) is 18.6. The van der Waals surface area contributed by atoms with Crippen LogP contribution in [0, 0.1) is 5.82 Å². The lowest BCUT2D eigenvalue weighted by Crippen LogP contribution is -2.68. The van der Waals surface area contributed by atoms with E-state index in [2.05, 4.69) is 27.3 Å². The van der Waals surface area contributed by atoms with Crippen molar-refractivity contribution in [2.24, 2.45) is 5.10 Å². The quantitative estimate of drug-likeness (QED) is 0.703. The van der Waals surface area contributed by atoms with Gasteiger partial charge >= 0.3 is 0 Å². The van der Waals surface area contributed by atoms with Gasteiger partial charge in [-0.25, -0.2) is 9.82 Å². The van der Waals surface area contributed by atoms with E-state index in [1.54, 1.807) is 19.1 Å². The number of nitrogens with one attached hydrogen (secondary N) is 1. The lowest BCUT2D eigenvalue weighted by molar-refractivity contribution is -0.122. The number of aliphatic hydroxyl groups is 1. The Labute approximate surface area is 198 Å². The number of amides is 1. The minimum absolute atomic E-state index is 0.190. The van der Waals surface area contributed by atoms with Crippen LogP contribution in [0.15, 0.2) is 41.5 Å². The highest BCUT2D eigenvalue weighted by Crippen LogP contribution is 2.46. The van der Waals surface area contributed by atoms with Crippen molar-refractivity contribution in [3.8, 4) is 16.9 Å². The Hall–Kier alpha value is -3.17. The molecule has 3 aliphatic rings. The van der Waals surface area contributed by atoms with Crippen LogP contribution in [0.25, 0.3) is 11.1 Å². The fourth-order valence-corrected chi connectivity index (χ4v) is 5.16. The maximum atomic E-state index is 15.0. The van der Waals surface area contributed by atoms with E-state index in [0.717, 1.165) is 30.0 Å². The number of aliphatic hydroxyl groups excluding tert-OH is 1. The number of ether oxygens (including phenoxy) is 1. The zero-order valence-electron chi connectivity index (χ0n) is 19.9. The molecular formula is C25H30FN5O3. The number of carbonyl (C=O) groups is 1. The predicted molar refractivity (Wildman–Crippen MR) is 130 cm³/mol. The Balaban J connectivity index is 1.61. The number of halogens is 1. The number of nitrogens with zero attached hydrogens (tertiary/aromatic N) is 4. The highest BCUT2D eigenvalue weighted by atomic mass is 19.1. The van der Waals surface area contributed by atoms with E-state index in [0.29, 0.717) is 23.7 Å². The first-order valence-corrected chi connectivity index (χ1v) is 11.5. The summed E-state index contributed by atoms with van der Waals surface area (Å²) in [5, 5.41) is 13.9. The summed E-state index contributed by atoms with van der Waals surface area (Å²) in [6, 6.07) is 10.1. The highest BCUT2D eigenvalue weighted by molar-refractivity contribution is 6.10. The molecule has 1 fully saturated rings. The van der Waals surface area contributed by atoms with Crippen molar-refractivity contribution < 1.29 is 19.0 Å². The number of amidine groups is 1. The zero-order chi connectivity index (χ0) is 24.2. The highest BCUT2D eigenvalue weighted by Gasteiger charge is 2.44. The van der Waals surface area contributed by atoms with Crippen LogP contribution in [0.2, 0.25) is 0 Å². The number of carbonyl (C=O) groups excluding carboxylic acids is 1. The molecule has 2 aromatic carbocycles. The van der Waals surface area contributed by atoms with Gasteiger partial charge in [-0.2, -0.15) is 5.10 Å². The van der Waals surface area contributed by atoms with Crippen molar-refractivity contribution in [3.63, 3.8) is 0 Å². The van der Waals surface area contributed by atoms with Crippen molar-refractivity contribution >= 4 is 23.1 Å². The molecule has 0 aliphatic carbocycles. The summed E-state index contributed by atoms with van der Waals surface area (Å²) < 4.78 is 21.0. The third-order valence-electron chi connectivity index (χ3n) is 7.02. The average Bonchev–Trinajstić information content (AvgIpc) is 2.78. The first-order valence-electron chi connectivity index (χ1n) is 11.5. The van der Waals surface area contributed by atoms with Gasteiger partial charge in [0.1, 0.15) is 24.2 Å². The molecule has 5 rings (SSSR count). The third kappa shape index (κ3) is 3.69. The number of anilines is 2. The summed E-state index contributed by atoms with van der Waals surface area (Å²) in [5.41, 5.74) is 5.13. The number of benzene rings is 2. The summed E-state index contributed by atoms with van der Waals surface area (Å²) in [7, 11) is 2.01. The minimum atomic E-state index is -0.451. The van der Waals surface area contributed by atoms with E-state index < -0.39 is 12.1 Å². The van der Waals surface area contributed by atoms with E-state index in [4.69, 9.17) is 4.74 Å². The fourth-order valence-electron chi connectivity index (χ4n) is 5.16. The molecule has 0 bridgehead atoms. The van der Waals surface area contributed by atoms with Gasteiger partial charge in [0, 0.05) is 43.5 Å². The Morgan fingerprint density at radius 1 is 1.32 bits per heavy atom. The van der Waals surface area contributed by atoms with Gasteiger partial charge in [0.25, 0.3) is 5.91 Å². The van der Waals surface area contributed by atoms with Crippen LogP contribution in [0.3, 0.4) is 0 Å². The molecule has 3 aliphatic heterocycles. The molecule has 0 radical (unpaired) electrons. The number of hydrogen-bond donors (Lipinski definition) is 2. The Morgan fingerprint density at radius 2 is 2.06 bits per heavy atom. The smallest absolute Gasteiger partial charge is 0.262 e. The van der Waals surface area contributed by atoms with Gasteiger partial charge in [-0.05, 0) is 39.0 Å². The van der Waals surface area contributed by atoms with Crippen LogP contribution in [-0.4, -0.2) is 72.7 Å². The first-order chi connectivity index (χ1) is 16.2. The van der Waals surface area contributed by atoms with E-state index >= 15 is 0 Å². The SMILES string of the molecule is C[C@H](O)CN1CC(C)(N(C)c2cc3c(cc2-c2ccccc2F)OCC2=NNC(=O)[C@@H](C)N23)C1. The number of hydrazone groups is 1. The number of likely N-dealkylation sites (N-methyl/N-ethyl adjacent to an activating group) is 1. The van der Waals surface area contributed by atoms with Gasteiger partial charge in [0.05, 0.1) is 17.3 Å². The molecule has 0 aromatic heterocycles. The molecule has 2 atom stereocenters. The van der Waals surface area contributed by atoms with Crippen LogP contribution < -0.4 is 20.0 Å². The third-order valence-corrected chi connectivity index (χ3v) is 7.02. The second-order valence-electron chi connectivity index (χ2n) is 9.73. The molecule has 1 amide bonds. The van der Waals surface area contributed by atoms with Crippen molar-refractivity contribution in [2.75, 3.05) is 43.1 Å². The molecule has 9 heteroatoms. The van der Waals surface area contributed by atoms with Crippen molar-refractivity contribution in [3.05, 3.63) is 42.2 Å². The molecule has 34 heavy (non-hydrogen) atoms. The zero-order valence-corrected chi connectivity index (χ0v) is 19.9. The standard InChI is InChI=1S/C25H30FN5O3/c1-15(32)11-30-13-25(3,14-30)29(4)20-10-21-22(9-18(20)17-7-5-6-8-19(17)26)34-12-23-27-28-24(33)16(2)31(21)23/h5-10,15-16,32H,11-14H2,1-4H3,(H,28,33)/t15-,16+/m0/s1. The average molecular weight is 468 g/mol. The Morgan fingerprint density at radius 3 is 2.76 bits per heavy atom. The molecule has 0 spiro atoms. The topological polar surface area (TPSA) is 80.6 Å². The van der Waals surface area contributed by atoms with Gasteiger partial charge < -0.3 is 19.6 Å². The van der Waals surface area contributed by atoms with E-state index in [-0.39, 0.29) is 23.9 Å². The number of β-amino-alcohol motifs (C(OH)–C–C–N with tert-alkyl or cyclic N) is 1. The maximum Gasteiger partial charge on any atom is 0.262 e. The lowest BCUT2D eigenvalue weighted by Gasteiger charge is -2.54. The molecule has 3 heterocycles. The van der Waals surface area contributed by atoms with Crippen LogP contribution >= 0.6 is 0 Å². The van der Waals surface area contributed by atoms with Crippen molar-refractivity contribution in [1.29, 1.82) is 0 Å². The summed E-state index contributed by atoms with van der Waals surface area (Å²) in [6.07, 6.45) is -0.394. The fraction of sp³-hybridized carbons (Fsp3) is 0.440. The van der Waals surface area contributed by atoms with Crippen molar-refractivity contribution in [1.82, 2.24) is 10.3 Å². The largest absolute Gasteiger partial charge is 0.483 e. The van der Waals surface area contributed by atoms with Crippen LogP contribution in [0.1, 0.15) is 20.8 Å². The normalized spacial score (nSPS) is 21.9. The van der Waals surface area contributed by atoms with Gasteiger partial charge in [-0.15, -0.1) is 0 Å². The van der Waals surface area contributed by atoms with E-state index in [1.807, 2.05) is 37.1 Å². The molecule has 2 N–H and O–H groups in total. The van der Waals surface area contributed by atoms with Gasteiger partial charge in [-0.1, -0.05) is 18.2 Å². The summed E-state index contributed by atoms with van der Waals surface area (Å²) in [6.45, 7) is 8.15. The number of fused-ring (bicyclic) bond motifs is 3. The van der Waals surface area contributed by atoms with E-state index in [1.165, 1.54) is 6.07 Å². The molecule has 2 aromatic rings. The molecule has 180 valence electrons. The first kappa shape index (κ1) is 22.6. The Bertz CT molecular complexity index is 1160. The van der Waals surface area contributed by atoms with Gasteiger partial charge in [0.15, 0.2) is 5.84 Å². The summed E-state index contributed by atoms with van der Waals surface area (Å²) in [5.74, 6) is 0.718. The molecule has 1 saturated heterocycles. The number of likely N-dealkylation sites (tertiary alicyclic amines) is 1. The van der Waals surface area contributed by atoms with Crippen molar-refractivity contribution in [2.45, 2.75) is 38.5 Å². The predicted octanol–water partition coefficient (Wildman–Crippen LogP) is 2.41. The van der Waals surface area contributed by atoms with E-state index in [9.17, 15) is 14.3 Å². The molecule has 0 saturated carbocycles. The summed E-state index contributed by atoms with van der Waals surface area (Å²) >= 11 is 0. The van der Waals surface area contributed by atoms with Crippen LogP contribution in [0.4, 0.5) is 15.8 Å². The van der Waals surface area contributed by atoms with Crippen LogP contribution in [0.5, 0.6) is 5.75 Å². The monoisotopic (exact) mass is 467 g/mol. The van der Waals surface area contributed by atoms with Gasteiger partial charge in [0.2, 0.25) is 0 Å². The second-order valence-corrected chi connectivity index (χ2v) is 9.73. The molecule has 8 nitrogen and oxygen atoms in total. The van der Waals surface area contributed by atoms with Gasteiger partial charge in [-0.3, -0.25) is 9.69 Å². The maximum absolute atomic E-state index is 15.0. The van der Waals surface area contributed by atoms with Crippen LogP contribution in [-0.2, 0) is 4.79 Å². The Kier molecular flexibility index (Phi) is 5.49. The number of hydrogen-bond acceptors (Lipinski definition) is 7. The molecular weight excluding hydrogens is 437 g/mol. The second kappa shape index (κ2) is 8.25. The minimum Gasteiger partial charge on any atom is -0.483 e. The molecule has 0 unspecified atom stereocenters. The number of rotatable bonds is 5. The lowest BCUT2D eigenvalue weighted by atomic mass is 9.88.